The lowest BCUT2D eigenvalue weighted by Gasteiger charge is -2.13. The maximum Gasteiger partial charge on any atom is 0.303 e. The minimum absolute atomic E-state index is 0.134. The molecule has 0 atom stereocenters. The van der Waals surface area contributed by atoms with Gasteiger partial charge >= 0.3 is 5.97 Å². The van der Waals surface area contributed by atoms with Crippen LogP contribution >= 0.6 is 0 Å². The highest BCUT2D eigenvalue weighted by Gasteiger charge is 2.19. The van der Waals surface area contributed by atoms with E-state index in [1.54, 1.807) is 18.2 Å². The monoisotopic (exact) mass is 366 g/mol. The lowest BCUT2D eigenvalue weighted by atomic mass is 10.1. The molecule has 1 heterocycles. The fourth-order valence-electron chi connectivity index (χ4n) is 2.59. The van der Waals surface area contributed by atoms with Gasteiger partial charge < -0.3 is 19.9 Å². The quantitative estimate of drug-likeness (QED) is 0.673. The molecule has 0 radical (unpaired) electrons. The van der Waals surface area contributed by atoms with Crippen LogP contribution in [0.2, 0.25) is 0 Å². The third-order valence-corrected chi connectivity index (χ3v) is 3.86. The van der Waals surface area contributed by atoms with E-state index in [1.165, 1.54) is 14.0 Å². The molecule has 2 N–H and O–H groups in total. The summed E-state index contributed by atoms with van der Waals surface area (Å²) in [5.41, 5.74) is 0.207. The predicted molar refractivity (Wildman–Crippen MR) is 98.8 cm³/mol. The Labute approximate surface area is 155 Å². The van der Waals surface area contributed by atoms with Crippen LogP contribution in [0.5, 0.6) is 17.2 Å². The normalized spacial score (nSPS) is 10.4. The molecule has 7 nitrogen and oxygen atoms in total. The van der Waals surface area contributed by atoms with E-state index in [-0.39, 0.29) is 18.1 Å². The van der Waals surface area contributed by atoms with Crippen LogP contribution < -0.4 is 10.1 Å². The summed E-state index contributed by atoms with van der Waals surface area (Å²) in [6.45, 7) is 1.15. The second kappa shape index (κ2) is 7.74. The standard InChI is InChI=1S/C20H18N2O5/c1-12(23)26-11-17-16-10-14(27-13-6-4-3-5-7-13)8-9-15(16)19(24)18(22-17)20(25)21-2/h3-10,24H,11H2,1-2H3,(H,21,25). The summed E-state index contributed by atoms with van der Waals surface area (Å²) in [6, 6.07) is 14.2. The number of carbonyl (C=O) groups is 2. The van der Waals surface area contributed by atoms with Crippen LogP contribution in [0.1, 0.15) is 23.1 Å². The van der Waals surface area contributed by atoms with Crippen molar-refractivity contribution in [2.45, 2.75) is 13.5 Å². The first-order chi connectivity index (χ1) is 13.0. The Morgan fingerprint density at radius 1 is 1.07 bits per heavy atom. The molecular weight excluding hydrogens is 348 g/mol. The molecule has 3 rings (SSSR count). The van der Waals surface area contributed by atoms with Crippen molar-refractivity contribution < 1.29 is 24.2 Å². The zero-order valence-electron chi connectivity index (χ0n) is 14.9. The smallest absolute Gasteiger partial charge is 0.303 e. The summed E-state index contributed by atoms with van der Waals surface area (Å²) < 4.78 is 10.9. The zero-order chi connectivity index (χ0) is 19.4. The van der Waals surface area contributed by atoms with Crippen molar-refractivity contribution in [1.29, 1.82) is 0 Å². The lowest BCUT2D eigenvalue weighted by Crippen LogP contribution is -2.20. The van der Waals surface area contributed by atoms with E-state index < -0.39 is 11.9 Å². The molecule has 0 spiro atoms. The first-order valence-corrected chi connectivity index (χ1v) is 8.23. The maximum atomic E-state index is 12.0. The highest BCUT2D eigenvalue weighted by Crippen LogP contribution is 2.34. The average Bonchev–Trinajstić information content (AvgIpc) is 2.67. The average molecular weight is 366 g/mol. The molecule has 27 heavy (non-hydrogen) atoms. The zero-order valence-corrected chi connectivity index (χ0v) is 14.9. The van der Waals surface area contributed by atoms with Gasteiger partial charge in [0.05, 0.1) is 5.69 Å². The topological polar surface area (TPSA) is 97.8 Å². The number of fused-ring (bicyclic) bond motifs is 1. The summed E-state index contributed by atoms with van der Waals surface area (Å²) in [4.78, 5) is 27.4. The van der Waals surface area contributed by atoms with Crippen molar-refractivity contribution in [2.75, 3.05) is 7.05 Å². The van der Waals surface area contributed by atoms with E-state index in [2.05, 4.69) is 10.3 Å². The number of nitrogens with one attached hydrogen (secondary N) is 1. The van der Waals surface area contributed by atoms with Gasteiger partial charge in [0, 0.05) is 24.7 Å². The number of rotatable bonds is 5. The summed E-state index contributed by atoms with van der Waals surface area (Å²) >= 11 is 0. The number of benzene rings is 2. The van der Waals surface area contributed by atoms with Crippen molar-refractivity contribution >= 4 is 22.6 Å². The SMILES string of the molecule is CNC(=O)c1nc(COC(C)=O)c2cc(Oc3ccccc3)ccc2c1O. The van der Waals surface area contributed by atoms with E-state index >= 15 is 0 Å². The third-order valence-electron chi connectivity index (χ3n) is 3.86. The summed E-state index contributed by atoms with van der Waals surface area (Å²) in [6.07, 6.45) is 0. The highest BCUT2D eigenvalue weighted by molar-refractivity contribution is 6.02. The molecule has 3 aromatic rings. The molecule has 138 valence electrons. The van der Waals surface area contributed by atoms with Crippen molar-refractivity contribution in [3.8, 4) is 17.2 Å². The Kier molecular flexibility index (Phi) is 5.21. The molecule has 0 saturated carbocycles. The Morgan fingerprint density at radius 2 is 1.81 bits per heavy atom. The third kappa shape index (κ3) is 3.98. The van der Waals surface area contributed by atoms with Gasteiger partial charge in [-0.05, 0) is 30.3 Å². The molecular formula is C20H18N2O5. The second-order valence-electron chi connectivity index (χ2n) is 5.74. The summed E-state index contributed by atoms with van der Waals surface area (Å²) in [7, 11) is 1.44. The van der Waals surface area contributed by atoms with Gasteiger partial charge in [0.2, 0.25) is 0 Å². The van der Waals surface area contributed by atoms with Crippen molar-refractivity contribution in [2.24, 2.45) is 0 Å². The lowest BCUT2D eigenvalue weighted by molar-refractivity contribution is -0.142. The Balaban J connectivity index is 2.10. The molecule has 0 bridgehead atoms. The van der Waals surface area contributed by atoms with Gasteiger partial charge in [0.25, 0.3) is 5.91 Å². The Hall–Kier alpha value is -3.61. The fraction of sp³-hybridized carbons (Fsp3) is 0.150. The molecule has 0 aliphatic rings. The van der Waals surface area contributed by atoms with Gasteiger partial charge in [-0.1, -0.05) is 18.2 Å². The molecule has 1 aromatic heterocycles. The summed E-state index contributed by atoms with van der Waals surface area (Å²) in [5, 5.41) is 13.8. The van der Waals surface area contributed by atoms with Gasteiger partial charge in [-0.3, -0.25) is 9.59 Å². The van der Waals surface area contributed by atoms with Crippen LogP contribution in [0.15, 0.2) is 48.5 Å². The number of para-hydroxylation sites is 1. The van der Waals surface area contributed by atoms with Gasteiger partial charge in [0.1, 0.15) is 18.1 Å². The van der Waals surface area contributed by atoms with E-state index in [4.69, 9.17) is 9.47 Å². The number of ether oxygens (including phenoxy) is 2. The van der Waals surface area contributed by atoms with E-state index in [9.17, 15) is 14.7 Å². The minimum Gasteiger partial charge on any atom is -0.505 e. The number of hydrogen-bond donors (Lipinski definition) is 2. The van der Waals surface area contributed by atoms with Crippen LogP contribution in [0.3, 0.4) is 0 Å². The van der Waals surface area contributed by atoms with Crippen molar-refractivity contribution in [3.63, 3.8) is 0 Å². The van der Waals surface area contributed by atoms with Crippen LogP contribution in [-0.4, -0.2) is 29.0 Å². The highest BCUT2D eigenvalue weighted by atomic mass is 16.5. The van der Waals surface area contributed by atoms with E-state index in [1.807, 2.05) is 30.3 Å². The number of hydrogen-bond acceptors (Lipinski definition) is 6. The number of nitrogens with zero attached hydrogens (tertiary/aromatic N) is 1. The number of pyridine rings is 1. The first kappa shape index (κ1) is 18.2. The van der Waals surface area contributed by atoms with Gasteiger partial charge in [0.15, 0.2) is 11.4 Å². The van der Waals surface area contributed by atoms with Crippen LogP contribution in [0.25, 0.3) is 10.8 Å². The largest absolute Gasteiger partial charge is 0.505 e. The van der Waals surface area contributed by atoms with Crippen molar-refractivity contribution in [1.82, 2.24) is 10.3 Å². The number of aromatic hydroxyl groups is 1. The number of esters is 1. The predicted octanol–water partition coefficient (Wildman–Crippen LogP) is 3.16. The number of aromatic nitrogens is 1. The van der Waals surface area contributed by atoms with Gasteiger partial charge in [-0.15, -0.1) is 0 Å². The summed E-state index contributed by atoms with van der Waals surface area (Å²) in [5.74, 6) is -0.0919. The molecule has 1 amide bonds. The number of amides is 1. The van der Waals surface area contributed by atoms with Crippen LogP contribution in [-0.2, 0) is 16.1 Å². The number of carbonyl (C=O) groups excluding carboxylic acids is 2. The molecule has 2 aromatic carbocycles. The van der Waals surface area contributed by atoms with Crippen LogP contribution in [0, 0.1) is 0 Å². The molecule has 0 aliphatic heterocycles. The molecule has 0 aliphatic carbocycles. The first-order valence-electron chi connectivity index (χ1n) is 8.23. The molecule has 7 heteroatoms. The van der Waals surface area contributed by atoms with E-state index in [0.29, 0.717) is 28.0 Å². The maximum absolute atomic E-state index is 12.0. The fourth-order valence-corrected chi connectivity index (χ4v) is 2.59. The second-order valence-corrected chi connectivity index (χ2v) is 5.74. The van der Waals surface area contributed by atoms with E-state index in [0.717, 1.165) is 0 Å². The van der Waals surface area contributed by atoms with Gasteiger partial charge in [-0.25, -0.2) is 4.98 Å². The van der Waals surface area contributed by atoms with Crippen molar-refractivity contribution in [3.05, 3.63) is 59.9 Å². The molecule has 0 unspecified atom stereocenters. The Bertz CT molecular complexity index is 1000. The van der Waals surface area contributed by atoms with Crippen LogP contribution in [0.4, 0.5) is 0 Å². The minimum atomic E-state index is -0.539. The molecule has 0 saturated heterocycles. The van der Waals surface area contributed by atoms with Gasteiger partial charge in [-0.2, -0.15) is 0 Å². The molecule has 0 fully saturated rings. The Morgan fingerprint density at radius 3 is 2.48 bits per heavy atom.